The quantitative estimate of drug-likeness (QED) is 0.424. The first kappa shape index (κ1) is 24.4. The van der Waals surface area contributed by atoms with Crippen LogP contribution in [-0.2, 0) is 22.6 Å². The minimum atomic E-state index is -5.13. The fourth-order valence-corrected chi connectivity index (χ4v) is 4.35. The van der Waals surface area contributed by atoms with Crippen molar-refractivity contribution in [1.29, 1.82) is 0 Å². The second kappa shape index (κ2) is 7.89. The predicted octanol–water partition coefficient (Wildman–Crippen LogP) is 6.06. The first-order chi connectivity index (χ1) is 16.1. The largest absolute Gasteiger partial charge is 0.478 e. The number of carboxylic acids is 1. The lowest BCUT2D eigenvalue weighted by Crippen LogP contribution is -2.37. The lowest BCUT2D eigenvalue weighted by atomic mass is 9.81. The van der Waals surface area contributed by atoms with Gasteiger partial charge in [-0.3, -0.25) is 4.79 Å². The number of amides is 1. The van der Waals surface area contributed by atoms with Crippen molar-refractivity contribution in [2.45, 2.75) is 31.6 Å². The van der Waals surface area contributed by atoms with E-state index >= 15 is 0 Å². The third-order valence-corrected chi connectivity index (χ3v) is 5.83. The molecule has 11 heteroatoms. The van der Waals surface area contributed by atoms with E-state index in [0.29, 0.717) is 28.6 Å². The first-order valence-corrected chi connectivity index (χ1v) is 10.3. The smallest absolute Gasteiger partial charge is 0.416 e. The van der Waals surface area contributed by atoms with Crippen molar-refractivity contribution >= 4 is 28.4 Å². The van der Waals surface area contributed by atoms with Gasteiger partial charge in [0, 0.05) is 34.6 Å². The Morgan fingerprint density at radius 2 is 1.54 bits per heavy atom. The molecule has 1 aromatic heterocycles. The van der Waals surface area contributed by atoms with E-state index in [1.54, 1.807) is 38.1 Å². The average molecular weight is 496 g/mol. The van der Waals surface area contributed by atoms with Crippen LogP contribution in [0.15, 0.2) is 48.7 Å². The van der Waals surface area contributed by atoms with E-state index in [-0.39, 0.29) is 23.9 Å². The summed E-state index contributed by atoms with van der Waals surface area (Å²) in [5.74, 6) is -2.61. The van der Waals surface area contributed by atoms with Crippen LogP contribution in [-0.4, -0.2) is 33.4 Å². The van der Waals surface area contributed by atoms with Gasteiger partial charge in [0.05, 0.1) is 22.4 Å². The highest BCUT2D eigenvalue weighted by atomic mass is 19.4. The number of hydrogen-bond acceptors (Lipinski definition) is 2. The first-order valence-electron chi connectivity index (χ1n) is 10.3. The molecule has 0 atom stereocenters. The van der Waals surface area contributed by atoms with E-state index in [1.807, 2.05) is 0 Å². The fourth-order valence-electron chi connectivity index (χ4n) is 4.35. The van der Waals surface area contributed by atoms with E-state index in [0.717, 1.165) is 11.1 Å². The van der Waals surface area contributed by atoms with Crippen molar-refractivity contribution in [3.8, 4) is 0 Å². The van der Waals surface area contributed by atoms with Crippen LogP contribution in [0.1, 0.15) is 46.6 Å². The number of alkyl halides is 6. The maximum absolute atomic E-state index is 13.3. The summed E-state index contributed by atoms with van der Waals surface area (Å²) in [6.45, 7) is 3.21. The molecular weight excluding hydrogens is 478 g/mol. The zero-order chi connectivity index (χ0) is 25.9. The number of carboxylic acid groups (broad SMARTS) is 1. The number of aromatic amines is 1. The van der Waals surface area contributed by atoms with Gasteiger partial charge in [0.1, 0.15) is 0 Å². The van der Waals surface area contributed by atoms with Gasteiger partial charge < -0.3 is 15.0 Å². The summed E-state index contributed by atoms with van der Waals surface area (Å²) in [5, 5.41) is 10.5. The molecule has 3 aromatic rings. The van der Waals surface area contributed by atoms with Crippen LogP contribution in [0.3, 0.4) is 0 Å². The molecule has 0 spiro atoms. The van der Waals surface area contributed by atoms with Crippen molar-refractivity contribution in [2.75, 3.05) is 6.54 Å². The van der Waals surface area contributed by atoms with Crippen LogP contribution in [0.2, 0.25) is 0 Å². The van der Waals surface area contributed by atoms with Crippen molar-refractivity contribution in [3.63, 3.8) is 0 Å². The summed E-state index contributed by atoms with van der Waals surface area (Å²) >= 11 is 0. The summed E-state index contributed by atoms with van der Waals surface area (Å²) < 4.78 is 79.8. The van der Waals surface area contributed by atoms with Gasteiger partial charge in [-0.1, -0.05) is 32.0 Å². The highest BCUT2D eigenvalue weighted by molar-refractivity contribution is 6.17. The van der Waals surface area contributed by atoms with E-state index in [2.05, 4.69) is 4.98 Å². The molecule has 0 saturated heterocycles. The standard InChI is InChI=1S/C24H18F6N2O3/c1-22(2)11-32(10-16(21(34)35)19-18(22)15-5-3-4-6-17(15)31-19)20(33)12-7-13(23(25,26)27)9-14(8-12)24(28,29)30/h3-10,31H,11H2,1-2H3,(H,34,35). The van der Waals surface area contributed by atoms with Gasteiger partial charge in [-0.25, -0.2) is 4.79 Å². The van der Waals surface area contributed by atoms with Crippen LogP contribution in [0, 0.1) is 0 Å². The molecule has 1 amide bonds. The topological polar surface area (TPSA) is 73.4 Å². The molecule has 2 heterocycles. The van der Waals surface area contributed by atoms with Crippen LogP contribution in [0.25, 0.3) is 16.5 Å². The zero-order valence-corrected chi connectivity index (χ0v) is 18.3. The molecule has 4 rings (SSSR count). The number of aliphatic carboxylic acids is 1. The molecule has 184 valence electrons. The molecule has 0 saturated carbocycles. The van der Waals surface area contributed by atoms with Gasteiger partial charge in [-0.05, 0) is 29.8 Å². The highest BCUT2D eigenvalue weighted by Gasteiger charge is 2.40. The van der Waals surface area contributed by atoms with Crippen LogP contribution in [0.5, 0.6) is 0 Å². The summed E-state index contributed by atoms with van der Waals surface area (Å²) in [4.78, 5) is 29.2. The van der Waals surface area contributed by atoms with Crippen LogP contribution >= 0.6 is 0 Å². The van der Waals surface area contributed by atoms with E-state index in [4.69, 9.17) is 0 Å². The summed E-state index contributed by atoms with van der Waals surface area (Å²) in [7, 11) is 0. The molecule has 35 heavy (non-hydrogen) atoms. The van der Waals surface area contributed by atoms with Gasteiger partial charge in [0.2, 0.25) is 0 Å². The normalized spacial score (nSPS) is 16.0. The number of H-pyrrole nitrogens is 1. The van der Waals surface area contributed by atoms with Gasteiger partial charge >= 0.3 is 18.3 Å². The Hall–Kier alpha value is -3.76. The van der Waals surface area contributed by atoms with Crippen molar-refractivity contribution in [3.05, 3.63) is 76.6 Å². The van der Waals surface area contributed by atoms with Crippen molar-refractivity contribution in [2.24, 2.45) is 0 Å². The van der Waals surface area contributed by atoms with Gasteiger partial charge in [-0.15, -0.1) is 0 Å². The minimum absolute atomic E-state index is 0.0708. The molecule has 0 aliphatic carbocycles. The van der Waals surface area contributed by atoms with E-state index in [1.165, 1.54) is 0 Å². The number of aromatic nitrogens is 1. The zero-order valence-electron chi connectivity index (χ0n) is 18.3. The number of halogens is 6. The predicted molar refractivity (Wildman–Crippen MR) is 114 cm³/mol. The Labute approximate surface area is 194 Å². The monoisotopic (exact) mass is 496 g/mol. The number of fused-ring (bicyclic) bond motifs is 3. The highest BCUT2D eigenvalue weighted by Crippen LogP contribution is 2.41. The molecular formula is C24H18F6N2O3. The molecule has 0 unspecified atom stereocenters. The molecule has 0 fully saturated rings. The van der Waals surface area contributed by atoms with Crippen molar-refractivity contribution in [1.82, 2.24) is 9.88 Å². The molecule has 0 radical (unpaired) electrons. The summed E-state index contributed by atoms with van der Waals surface area (Å²) in [6, 6.07) is 7.58. The van der Waals surface area contributed by atoms with Crippen LogP contribution in [0.4, 0.5) is 26.3 Å². The number of nitrogens with one attached hydrogen (secondary N) is 1. The maximum Gasteiger partial charge on any atom is 0.416 e. The summed E-state index contributed by atoms with van der Waals surface area (Å²) in [5.41, 5.74) is -3.99. The molecule has 0 bridgehead atoms. The Balaban J connectivity index is 1.89. The Morgan fingerprint density at radius 3 is 2.09 bits per heavy atom. The van der Waals surface area contributed by atoms with Crippen LogP contribution < -0.4 is 0 Å². The SMILES string of the molecule is CC1(C)CN(C(=O)c2cc(C(F)(F)F)cc(C(F)(F)F)c2)C=C(C(=O)O)c2[nH]c3ccccc3c21. The van der Waals surface area contributed by atoms with E-state index in [9.17, 15) is 41.0 Å². The number of nitrogens with zero attached hydrogens (tertiary/aromatic N) is 1. The lowest BCUT2D eigenvalue weighted by molar-refractivity contribution is -0.143. The molecule has 1 aliphatic heterocycles. The third-order valence-electron chi connectivity index (χ3n) is 5.83. The number of para-hydroxylation sites is 1. The van der Waals surface area contributed by atoms with Crippen molar-refractivity contribution < 1.29 is 41.0 Å². The Bertz CT molecular complexity index is 1350. The van der Waals surface area contributed by atoms with E-state index < -0.39 is 46.3 Å². The number of carbonyl (C=O) groups excluding carboxylic acids is 1. The Kier molecular flexibility index (Phi) is 5.49. The Morgan fingerprint density at radius 1 is 0.971 bits per heavy atom. The lowest BCUT2D eigenvalue weighted by Gasteiger charge is -2.30. The number of rotatable bonds is 2. The van der Waals surface area contributed by atoms with Gasteiger partial charge in [0.15, 0.2) is 0 Å². The molecule has 2 aromatic carbocycles. The maximum atomic E-state index is 13.3. The molecule has 5 nitrogen and oxygen atoms in total. The number of hydrogen-bond donors (Lipinski definition) is 2. The minimum Gasteiger partial charge on any atom is -0.478 e. The second-order valence-corrected chi connectivity index (χ2v) is 8.88. The summed E-state index contributed by atoms with van der Waals surface area (Å²) in [6.07, 6.45) is -9.32. The van der Waals surface area contributed by atoms with Gasteiger partial charge in [0.25, 0.3) is 5.91 Å². The third kappa shape index (κ3) is 4.38. The molecule has 1 aliphatic rings. The molecule has 2 N–H and O–H groups in total. The number of benzene rings is 2. The average Bonchev–Trinajstić information content (AvgIpc) is 3.09. The second-order valence-electron chi connectivity index (χ2n) is 8.88. The van der Waals surface area contributed by atoms with Gasteiger partial charge in [-0.2, -0.15) is 26.3 Å². The number of carbonyl (C=O) groups is 2. The fraction of sp³-hybridized carbons (Fsp3) is 0.250.